The second-order valence-corrected chi connectivity index (χ2v) is 5.20. The molecule has 2 atom stereocenters. The number of aliphatic hydroxyl groups is 1. The number of likely N-dealkylation sites (tertiary alicyclic amines) is 1. The molecule has 108 valence electrons. The van der Waals surface area contributed by atoms with Gasteiger partial charge in [0.15, 0.2) is 0 Å². The van der Waals surface area contributed by atoms with Gasteiger partial charge < -0.3 is 10.0 Å². The van der Waals surface area contributed by atoms with Crippen LogP contribution in [0.1, 0.15) is 23.7 Å². The van der Waals surface area contributed by atoms with Crippen molar-refractivity contribution in [1.82, 2.24) is 9.88 Å². The molecule has 7 nitrogen and oxygen atoms in total. The van der Waals surface area contributed by atoms with E-state index in [0.717, 1.165) is 0 Å². The number of halogens is 1. The minimum absolute atomic E-state index is 0.0657. The van der Waals surface area contributed by atoms with Crippen molar-refractivity contribution in [2.24, 2.45) is 5.92 Å². The summed E-state index contributed by atoms with van der Waals surface area (Å²) in [6.45, 7) is 2.55. The average molecular weight is 300 g/mol. The fourth-order valence-corrected chi connectivity index (χ4v) is 2.49. The van der Waals surface area contributed by atoms with E-state index in [1.54, 1.807) is 0 Å². The van der Waals surface area contributed by atoms with Crippen molar-refractivity contribution < 1.29 is 14.8 Å². The lowest BCUT2D eigenvalue weighted by Crippen LogP contribution is -2.45. The van der Waals surface area contributed by atoms with Crippen LogP contribution in [-0.4, -0.2) is 45.0 Å². The van der Waals surface area contributed by atoms with Crippen molar-refractivity contribution in [2.75, 3.05) is 13.1 Å². The van der Waals surface area contributed by atoms with Gasteiger partial charge in [-0.2, -0.15) is 0 Å². The van der Waals surface area contributed by atoms with Crippen molar-refractivity contribution in [3.05, 3.63) is 33.1 Å². The molecule has 0 spiro atoms. The van der Waals surface area contributed by atoms with Gasteiger partial charge in [0.25, 0.3) is 5.91 Å². The summed E-state index contributed by atoms with van der Waals surface area (Å²) in [5.74, 6) is -0.524. The van der Waals surface area contributed by atoms with Crippen LogP contribution in [0.3, 0.4) is 0 Å². The van der Waals surface area contributed by atoms with E-state index in [2.05, 4.69) is 4.98 Å². The van der Waals surface area contributed by atoms with Crippen LogP contribution in [0.4, 0.5) is 5.69 Å². The zero-order valence-electron chi connectivity index (χ0n) is 10.8. The van der Waals surface area contributed by atoms with E-state index in [1.165, 1.54) is 17.2 Å². The Morgan fingerprint density at radius 3 is 2.95 bits per heavy atom. The molecule has 2 rings (SSSR count). The third-order valence-corrected chi connectivity index (χ3v) is 3.72. The van der Waals surface area contributed by atoms with Gasteiger partial charge in [-0.3, -0.25) is 14.9 Å². The van der Waals surface area contributed by atoms with Crippen molar-refractivity contribution >= 4 is 23.2 Å². The van der Waals surface area contributed by atoms with Gasteiger partial charge in [0, 0.05) is 19.3 Å². The molecule has 1 aromatic heterocycles. The summed E-state index contributed by atoms with van der Waals surface area (Å²) in [4.78, 5) is 27.8. The predicted octanol–water partition coefficient (Wildman–Crippen LogP) is 1.49. The van der Waals surface area contributed by atoms with Crippen molar-refractivity contribution in [3.8, 4) is 0 Å². The number of aliphatic hydroxyl groups excluding tert-OH is 1. The molecule has 8 heteroatoms. The Morgan fingerprint density at radius 2 is 2.35 bits per heavy atom. The van der Waals surface area contributed by atoms with E-state index >= 15 is 0 Å². The number of amides is 1. The second kappa shape index (κ2) is 5.72. The van der Waals surface area contributed by atoms with E-state index in [9.17, 15) is 20.0 Å². The Bertz CT molecular complexity index is 552. The first kappa shape index (κ1) is 14.7. The minimum Gasteiger partial charge on any atom is -0.393 e. The molecule has 1 N–H and O–H groups in total. The molecule has 2 unspecified atom stereocenters. The molecule has 0 saturated carbocycles. The number of aromatic nitrogens is 1. The van der Waals surface area contributed by atoms with Crippen LogP contribution >= 0.6 is 11.6 Å². The van der Waals surface area contributed by atoms with Crippen LogP contribution in [0.15, 0.2) is 12.3 Å². The molecule has 0 aliphatic carbocycles. The Morgan fingerprint density at radius 1 is 1.65 bits per heavy atom. The minimum atomic E-state index is -0.704. The Hall–Kier alpha value is -1.73. The molecular weight excluding hydrogens is 286 g/mol. The van der Waals surface area contributed by atoms with Crippen molar-refractivity contribution in [1.29, 1.82) is 0 Å². The SMILES string of the molecule is CC1CN(C(=O)c2ccnc(Cl)c2[N+](=O)[O-])CCC1O. The van der Waals surface area contributed by atoms with Crippen molar-refractivity contribution in [2.45, 2.75) is 19.4 Å². The first-order valence-electron chi connectivity index (χ1n) is 6.18. The van der Waals surface area contributed by atoms with Gasteiger partial charge in [0.1, 0.15) is 5.56 Å². The highest BCUT2D eigenvalue weighted by atomic mass is 35.5. The quantitative estimate of drug-likeness (QED) is 0.507. The molecule has 1 aromatic rings. The average Bonchev–Trinajstić information content (AvgIpc) is 2.40. The number of hydrogen-bond donors (Lipinski definition) is 1. The summed E-state index contributed by atoms with van der Waals surface area (Å²) in [7, 11) is 0. The predicted molar refractivity (Wildman–Crippen MR) is 71.6 cm³/mol. The van der Waals surface area contributed by atoms with Crippen LogP contribution in [0.2, 0.25) is 5.15 Å². The number of carbonyl (C=O) groups is 1. The van der Waals surface area contributed by atoms with Crippen LogP contribution in [0.25, 0.3) is 0 Å². The number of nitrogens with zero attached hydrogens (tertiary/aromatic N) is 3. The number of carbonyl (C=O) groups excluding carboxylic acids is 1. The van der Waals surface area contributed by atoms with Gasteiger partial charge in [0.05, 0.1) is 11.0 Å². The van der Waals surface area contributed by atoms with E-state index in [4.69, 9.17) is 11.6 Å². The second-order valence-electron chi connectivity index (χ2n) is 4.84. The van der Waals surface area contributed by atoms with Gasteiger partial charge in [0.2, 0.25) is 5.15 Å². The van der Waals surface area contributed by atoms with Gasteiger partial charge in [-0.1, -0.05) is 18.5 Å². The lowest BCUT2D eigenvalue weighted by Gasteiger charge is -2.34. The van der Waals surface area contributed by atoms with E-state index in [-0.39, 0.29) is 16.6 Å². The summed E-state index contributed by atoms with van der Waals surface area (Å²) in [6, 6.07) is 1.29. The number of nitro groups is 1. The van der Waals surface area contributed by atoms with Gasteiger partial charge in [-0.15, -0.1) is 0 Å². The fraction of sp³-hybridized carbons (Fsp3) is 0.500. The number of hydrogen-bond acceptors (Lipinski definition) is 5. The fourth-order valence-electron chi connectivity index (χ4n) is 2.26. The van der Waals surface area contributed by atoms with E-state index in [1.807, 2.05) is 6.92 Å². The highest BCUT2D eigenvalue weighted by molar-refractivity contribution is 6.32. The summed E-state index contributed by atoms with van der Waals surface area (Å²) < 4.78 is 0. The lowest BCUT2D eigenvalue weighted by atomic mass is 9.96. The molecule has 0 aromatic carbocycles. The first-order valence-corrected chi connectivity index (χ1v) is 6.56. The third-order valence-electron chi connectivity index (χ3n) is 3.44. The van der Waals surface area contributed by atoms with Crippen LogP contribution < -0.4 is 0 Å². The smallest absolute Gasteiger partial charge is 0.319 e. The molecule has 1 fully saturated rings. The monoisotopic (exact) mass is 299 g/mol. The highest BCUT2D eigenvalue weighted by Gasteiger charge is 2.32. The van der Waals surface area contributed by atoms with Gasteiger partial charge >= 0.3 is 5.69 Å². The largest absolute Gasteiger partial charge is 0.393 e. The third kappa shape index (κ3) is 2.73. The summed E-state index contributed by atoms with van der Waals surface area (Å²) in [6.07, 6.45) is 1.28. The molecular formula is C12H14ClN3O4. The van der Waals surface area contributed by atoms with Crippen LogP contribution in [-0.2, 0) is 0 Å². The zero-order valence-corrected chi connectivity index (χ0v) is 11.6. The van der Waals surface area contributed by atoms with Crippen LogP contribution in [0.5, 0.6) is 0 Å². The molecule has 0 bridgehead atoms. The first-order chi connectivity index (χ1) is 9.41. The topological polar surface area (TPSA) is 96.6 Å². The van der Waals surface area contributed by atoms with Crippen molar-refractivity contribution in [3.63, 3.8) is 0 Å². The van der Waals surface area contributed by atoms with Gasteiger partial charge in [-0.25, -0.2) is 4.98 Å². The van der Waals surface area contributed by atoms with E-state index < -0.39 is 22.6 Å². The Labute approximate surface area is 120 Å². The molecule has 0 radical (unpaired) electrons. The molecule has 1 aliphatic heterocycles. The van der Waals surface area contributed by atoms with Gasteiger partial charge in [-0.05, 0) is 18.4 Å². The Balaban J connectivity index is 2.30. The normalized spacial score (nSPS) is 22.6. The number of piperidine rings is 1. The maximum atomic E-state index is 12.4. The Kier molecular flexibility index (Phi) is 4.20. The molecule has 20 heavy (non-hydrogen) atoms. The number of rotatable bonds is 2. The number of pyridine rings is 1. The summed E-state index contributed by atoms with van der Waals surface area (Å²) >= 11 is 5.70. The molecule has 1 saturated heterocycles. The van der Waals surface area contributed by atoms with E-state index in [0.29, 0.717) is 19.5 Å². The summed E-state index contributed by atoms with van der Waals surface area (Å²) in [5.41, 5.74) is -0.545. The standard InChI is InChI=1S/C12H14ClN3O4/c1-7-6-15(5-3-9(7)17)12(18)8-2-4-14-11(13)10(8)16(19)20/h2,4,7,9,17H,3,5-6H2,1H3. The maximum absolute atomic E-state index is 12.4. The highest BCUT2D eigenvalue weighted by Crippen LogP contribution is 2.28. The molecule has 1 amide bonds. The lowest BCUT2D eigenvalue weighted by molar-refractivity contribution is -0.385. The zero-order chi connectivity index (χ0) is 14.9. The maximum Gasteiger partial charge on any atom is 0.319 e. The van der Waals surface area contributed by atoms with Crippen LogP contribution in [0, 0.1) is 16.0 Å². The molecule has 2 heterocycles. The molecule has 1 aliphatic rings. The summed E-state index contributed by atoms with van der Waals surface area (Å²) in [5, 5.41) is 20.4.